The van der Waals surface area contributed by atoms with Gasteiger partial charge in [-0.25, -0.2) is 4.39 Å². The van der Waals surface area contributed by atoms with Crippen molar-refractivity contribution >= 4 is 0 Å². The van der Waals surface area contributed by atoms with Crippen LogP contribution in [0.1, 0.15) is 11.3 Å². The van der Waals surface area contributed by atoms with E-state index in [0.717, 1.165) is 11.3 Å². The third-order valence-corrected chi connectivity index (χ3v) is 2.24. The molecule has 3 N–H and O–H groups in total. The predicted molar refractivity (Wildman–Crippen MR) is 59.4 cm³/mol. The molecule has 0 aliphatic heterocycles. The fourth-order valence-corrected chi connectivity index (χ4v) is 1.39. The Morgan fingerprint density at radius 1 is 1.25 bits per heavy atom. The highest BCUT2D eigenvalue weighted by Crippen LogP contribution is 2.13. The first-order valence-electron chi connectivity index (χ1n) is 5.02. The number of ether oxygens (including phenoxy) is 1. The van der Waals surface area contributed by atoms with Gasteiger partial charge in [0, 0.05) is 24.0 Å². The van der Waals surface area contributed by atoms with Crippen molar-refractivity contribution < 1.29 is 9.13 Å². The van der Waals surface area contributed by atoms with Crippen LogP contribution in [0.15, 0.2) is 36.5 Å². The maximum Gasteiger partial charge on any atom is 0.123 e. The summed E-state index contributed by atoms with van der Waals surface area (Å²) in [4.78, 5) is 3.04. The Labute approximate surface area is 93.0 Å². The summed E-state index contributed by atoms with van der Waals surface area (Å²) in [5.74, 6) is 0.385. The molecule has 16 heavy (non-hydrogen) atoms. The lowest BCUT2D eigenvalue weighted by Crippen LogP contribution is -1.96. The summed E-state index contributed by atoms with van der Waals surface area (Å²) >= 11 is 0. The standard InChI is InChI=1S/C12H13FN2O/c13-10-1-3-12(4-2-10)16-8-9-5-11(6-14)15-7-9/h1-5,7,15H,6,8,14H2. The Bertz CT molecular complexity index is 450. The molecule has 0 radical (unpaired) electrons. The number of aromatic amines is 1. The van der Waals surface area contributed by atoms with E-state index in [4.69, 9.17) is 10.5 Å². The molecule has 0 unspecified atom stereocenters. The van der Waals surface area contributed by atoms with Crippen molar-refractivity contribution in [3.05, 3.63) is 53.6 Å². The minimum atomic E-state index is -0.264. The normalized spacial score (nSPS) is 10.4. The zero-order valence-corrected chi connectivity index (χ0v) is 8.74. The molecule has 0 amide bonds. The van der Waals surface area contributed by atoms with E-state index in [2.05, 4.69) is 4.98 Å². The first-order valence-corrected chi connectivity index (χ1v) is 5.02. The van der Waals surface area contributed by atoms with Crippen LogP contribution >= 0.6 is 0 Å². The monoisotopic (exact) mass is 220 g/mol. The molecular weight excluding hydrogens is 207 g/mol. The second-order valence-corrected chi connectivity index (χ2v) is 3.48. The van der Waals surface area contributed by atoms with E-state index in [1.54, 1.807) is 12.1 Å². The highest BCUT2D eigenvalue weighted by atomic mass is 19.1. The number of benzene rings is 1. The number of nitrogens with one attached hydrogen (secondary N) is 1. The van der Waals surface area contributed by atoms with Gasteiger partial charge in [-0.05, 0) is 30.3 Å². The topological polar surface area (TPSA) is 51.0 Å². The lowest BCUT2D eigenvalue weighted by atomic mass is 10.3. The molecule has 0 saturated carbocycles. The van der Waals surface area contributed by atoms with Crippen LogP contribution in [-0.4, -0.2) is 4.98 Å². The quantitative estimate of drug-likeness (QED) is 0.829. The number of aromatic nitrogens is 1. The van der Waals surface area contributed by atoms with Crippen molar-refractivity contribution in [2.45, 2.75) is 13.2 Å². The predicted octanol–water partition coefficient (Wildman–Crippen LogP) is 2.19. The molecular formula is C12H13FN2O. The highest BCUT2D eigenvalue weighted by molar-refractivity contribution is 5.23. The first kappa shape index (κ1) is 10.7. The van der Waals surface area contributed by atoms with Crippen LogP contribution in [0, 0.1) is 5.82 Å². The van der Waals surface area contributed by atoms with Crippen LogP contribution in [0.4, 0.5) is 4.39 Å². The highest BCUT2D eigenvalue weighted by Gasteiger charge is 1.99. The number of hydrogen-bond donors (Lipinski definition) is 2. The molecule has 0 aliphatic rings. The van der Waals surface area contributed by atoms with Crippen molar-refractivity contribution in [2.24, 2.45) is 5.73 Å². The Morgan fingerprint density at radius 3 is 2.62 bits per heavy atom. The fourth-order valence-electron chi connectivity index (χ4n) is 1.39. The van der Waals surface area contributed by atoms with Crippen LogP contribution < -0.4 is 10.5 Å². The Kier molecular flexibility index (Phi) is 3.22. The van der Waals surface area contributed by atoms with E-state index in [1.807, 2.05) is 12.3 Å². The van der Waals surface area contributed by atoms with Crippen LogP contribution in [0.2, 0.25) is 0 Å². The summed E-state index contributed by atoms with van der Waals surface area (Å²) in [6.07, 6.45) is 1.85. The Morgan fingerprint density at radius 2 is 2.00 bits per heavy atom. The molecule has 1 aromatic carbocycles. The minimum absolute atomic E-state index is 0.264. The number of H-pyrrole nitrogens is 1. The SMILES string of the molecule is NCc1cc(COc2ccc(F)cc2)c[nH]1. The molecule has 0 bridgehead atoms. The van der Waals surface area contributed by atoms with E-state index in [0.29, 0.717) is 18.9 Å². The van der Waals surface area contributed by atoms with E-state index < -0.39 is 0 Å². The largest absolute Gasteiger partial charge is 0.489 e. The van der Waals surface area contributed by atoms with Gasteiger partial charge in [0.25, 0.3) is 0 Å². The van der Waals surface area contributed by atoms with E-state index in [-0.39, 0.29) is 5.82 Å². The summed E-state index contributed by atoms with van der Waals surface area (Å²) in [5, 5.41) is 0. The molecule has 2 rings (SSSR count). The van der Waals surface area contributed by atoms with Gasteiger partial charge < -0.3 is 15.5 Å². The van der Waals surface area contributed by atoms with Crippen LogP contribution in [0.25, 0.3) is 0 Å². The van der Waals surface area contributed by atoms with Gasteiger partial charge in [-0.2, -0.15) is 0 Å². The van der Waals surface area contributed by atoms with Gasteiger partial charge in [-0.15, -0.1) is 0 Å². The lowest BCUT2D eigenvalue weighted by molar-refractivity contribution is 0.306. The summed E-state index contributed by atoms with van der Waals surface area (Å²) < 4.78 is 18.1. The summed E-state index contributed by atoms with van der Waals surface area (Å²) in [7, 11) is 0. The van der Waals surface area contributed by atoms with Gasteiger partial charge in [0.15, 0.2) is 0 Å². The van der Waals surface area contributed by atoms with Gasteiger partial charge in [-0.1, -0.05) is 0 Å². The van der Waals surface area contributed by atoms with E-state index in [1.165, 1.54) is 12.1 Å². The third kappa shape index (κ3) is 2.61. The summed E-state index contributed by atoms with van der Waals surface area (Å²) in [5.41, 5.74) is 7.46. The molecule has 0 spiro atoms. The van der Waals surface area contributed by atoms with Gasteiger partial charge >= 0.3 is 0 Å². The molecule has 0 aliphatic carbocycles. The molecule has 1 aromatic heterocycles. The zero-order chi connectivity index (χ0) is 11.4. The molecule has 2 aromatic rings. The number of nitrogens with two attached hydrogens (primary N) is 1. The molecule has 4 heteroatoms. The number of rotatable bonds is 4. The molecule has 0 fully saturated rings. The molecule has 0 atom stereocenters. The van der Waals surface area contributed by atoms with Crippen LogP contribution in [-0.2, 0) is 13.2 Å². The van der Waals surface area contributed by atoms with Crippen molar-refractivity contribution in [2.75, 3.05) is 0 Å². The smallest absolute Gasteiger partial charge is 0.123 e. The van der Waals surface area contributed by atoms with Crippen molar-refractivity contribution in [1.29, 1.82) is 0 Å². The maximum atomic E-state index is 12.6. The third-order valence-electron chi connectivity index (χ3n) is 2.24. The fraction of sp³-hybridized carbons (Fsp3) is 0.167. The molecule has 0 saturated heterocycles. The lowest BCUT2D eigenvalue weighted by Gasteiger charge is -2.03. The first-order chi connectivity index (χ1) is 7.78. The van der Waals surface area contributed by atoms with E-state index >= 15 is 0 Å². The maximum absolute atomic E-state index is 12.6. The van der Waals surface area contributed by atoms with Gasteiger partial charge in [0.2, 0.25) is 0 Å². The summed E-state index contributed by atoms with van der Waals surface area (Å²) in [6, 6.07) is 7.90. The Balaban J connectivity index is 1.94. The molecule has 3 nitrogen and oxygen atoms in total. The van der Waals surface area contributed by atoms with Gasteiger partial charge in [0.1, 0.15) is 18.2 Å². The Hall–Kier alpha value is -1.81. The second kappa shape index (κ2) is 4.81. The van der Waals surface area contributed by atoms with Gasteiger partial charge in [0.05, 0.1) is 0 Å². The summed E-state index contributed by atoms with van der Waals surface area (Å²) in [6.45, 7) is 0.929. The zero-order valence-electron chi connectivity index (χ0n) is 8.74. The number of hydrogen-bond acceptors (Lipinski definition) is 2. The van der Waals surface area contributed by atoms with Crippen molar-refractivity contribution in [1.82, 2.24) is 4.98 Å². The average molecular weight is 220 g/mol. The molecule has 1 heterocycles. The second-order valence-electron chi connectivity index (χ2n) is 3.48. The van der Waals surface area contributed by atoms with Crippen molar-refractivity contribution in [3.8, 4) is 5.75 Å². The minimum Gasteiger partial charge on any atom is -0.489 e. The van der Waals surface area contributed by atoms with Crippen LogP contribution in [0.3, 0.4) is 0 Å². The van der Waals surface area contributed by atoms with Crippen LogP contribution in [0.5, 0.6) is 5.75 Å². The van der Waals surface area contributed by atoms with Gasteiger partial charge in [-0.3, -0.25) is 0 Å². The number of halogens is 1. The average Bonchev–Trinajstić information content (AvgIpc) is 2.76. The van der Waals surface area contributed by atoms with Crippen molar-refractivity contribution in [3.63, 3.8) is 0 Å². The molecule has 84 valence electrons. The van der Waals surface area contributed by atoms with E-state index in [9.17, 15) is 4.39 Å².